The van der Waals surface area contributed by atoms with Crippen LogP contribution in [-0.4, -0.2) is 36.2 Å². The van der Waals surface area contributed by atoms with Crippen LogP contribution in [-0.2, 0) is 11.3 Å². The molecular weight excluding hydrogens is 251 g/mol. The van der Waals surface area contributed by atoms with Gasteiger partial charge in [0.25, 0.3) is 0 Å². The van der Waals surface area contributed by atoms with Crippen LogP contribution in [0, 0.1) is 5.82 Å². The summed E-state index contributed by atoms with van der Waals surface area (Å²) in [6, 6.07) is 4.95. The first-order chi connectivity index (χ1) is 8.66. The number of thiocarbonyl (C=S) groups is 1. The Kier molecular flexibility index (Phi) is 4.63. The number of hydrogen-bond acceptors (Lipinski definition) is 3. The van der Waals surface area contributed by atoms with E-state index in [0.29, 0.717) is 5.56 Å². The van der Waals surface area contributed by atoms with E-state index in [4.69, 9.17) is 22.7 Å². The van der Waals surface area contributed by atoms with E-state index in [1.165, 1.54) is 6.07 Å². The van der Waals surface area contributed by atoms with E-state index in [1.807, 2.05) is 0 Å². The van der Waals surface area contributed by atoms with Crippen LogP contribution in [0.4, 0.5) is 4.39 Å². The third kappa shape index (κ3) is 3.48. The average Bonchev–Trinajstić information content (AvgIpc) is 2.60. The minimum absolute atomic E-state index is 0.105. The zero-order valence-corrected chi connectivity index (χ0v) is 11.0. The van der Waals surface area contributed by atoms with E-state index in [9.17, 15) is 4.39 Å². The average molecular weight is 268 g/mol. The Labute approximate surface area is 112 Å². The lowest BCUT2D eigenvalue weighted by Gasteiger charge is -2.19. The van der Waals surface area contributed by atoms with Crippen molar-refractivity contribution in [1.29, 1.82) is 0 Å². The highest BCUT2D eigenvalue weighted by molar-refractivity contribution is 7.80. The number of hydrogen-bond donors (Lipinski definition) is 1. The van der Waals surface area contributed by atoms with Gasteiger partial charge in [0.1, 0.15) is 10.8 Å². The van der Waals surface area contributed by atoms with Crippen LogP contribution in [0.5, 0.6) is 0 Å². The minimum Gasteiger partial charge on any atom is -0.389 e. The molecule has 0 saturated carbocycles. The molecule has 1 saturated heterocycles. The number of benzene rings is 1. The van der Waals surface area contributed by atoms with Crippen molar-refractivity contribution in [1.82, 2.24) is 4.90 Å². The summed E-state index contributed by atoms with van der Waals surface area (Å²) in [5.41, 5.74) is 6.86. The maximum Gasteiger partial charge on any atom is 0.133 e. The van der Waals surface area contributed by atoms with Crippen LogP contribution in [0.1, 0.15) is 17.5 Å². The second-order valence-corrected chi connectivity index (χ2v) is 4.86. The summed E-state index contributed by atoms with van der Waals surface area (Å²) in [5, 5.41) is 0. The normalized spacial score (nSPS) is 17.4. The number of rotatable bonds is 3. The van der Waals surface area contributed by atoms with Crippen LogP contribution < -0.4 is 5.73 Å². The lowest BCUT2D eigenvalue weighted by Crippen LogP contribution is -2.26. The summed E-state index contributed by atoms with van der Waals surface area (Å²) in [5.74, 6) is -0.356. The summed E-state index contributed by atoms with van der Waals surface area (Å²) >= 11 is 4.84. The summed E-state index contributed by atoms with van der Waals surface area (Å²) < 4.78 is 18.9. The van der Waals surface area contributed by atoms with E-state index in [1.54, 1.807) is 12.1 Å². The number of nitrogens with zero attached hydrogens (tertiary/aromatic N) is 1. The molecule has 0 unspecified atom stereocenters. The molecule has 0 radical (unpaired) electrons. The molecule has 18 heavy (non-hydrogen) atoms. The van der Waals surface area contributed by atoms with Crippen molar-refractivity contribution in [3.8, 4) is 0 Å². The molecule has 2 rings (SSSR count). The molecule has 98 valence electrons. The molecule has 1 aromatic carbocycles. The van der Waals surface area contributed by atoms with Crippen molar-refractivity contribution in [2.24, 2.45) is 5.73 Å². The summed E-state index contributed by atoms with van der Waals surface area (Å²) in [7, 11) is 0. The maximum atomic E-state index is 13.5. The van der Waals surface area contributed by atoms with Crippen molar-refractivity contribution in [3.63, 3.8) is 0 Å². The predicted molar refractivity (Wildman–Crippen MR) is 73.0 cm³/mol. The summed E-state index contributed by atoms with van der Waals surface area (Å²) in [6.07, 6.45) is 1.03. The molecule has 0 aromatic heterocycles. The topological polar surface area (TPSA) is 38.5 Å². The molecule has 1 fully saturated rings. The number of ether oxygens (including phenoxy) is 1. The first-order valence-corrected chi connectivity index (χ1v) is 6.46. The van der Waals surface area contributed by atoms with E-state index < -0.39 is 0 Å². The zero-order chi connectivity index (χ0) is 13.0. The Morgan fingerprint density at radius 2 is 2.22 bits per heavy atom. The molecule has 0 spiro atoms. The first-order valence-electron chi connectivity index (χ1n) is 6.05. The zero-order valence-electron chi connectivity index (χ0n) is 10.2. The molecule has 2 N–H and O–H groups in total. The van der Waals surface area contributed by atoms with Crippen molar-refractivity contribution in [2.75, 3.05) is 26.3 Å². The summed E-state index contributed by atoms with van der Waals surface area (Å²) in [6.45, 7) is 4.25. The molecule has 0 amide bonds. The molecule has 0 atom stereocenters. The Hall–Kier alpha value is -1.04. The third-order valence-electron chi connectivity index (χ3n) is 3.02. The van der Waals surface area contributed by atoms with Crippen LogP contribution in [0.2, 0.25) is 0 Å². The van der Waals surface area contributed by atoms with E-state index in [-0.39, 0.29) is 10.8 Å². The quantitative estimate of drug-likeness (QED) is 0.847. The van der Waals surface area contributed by atoms with Crippen LogP contribution >= 0.6 is 12.2 Å². The molecule has 5 heteroatoms. The fourth-order valence-electron chi connectivity index (χ4n) is 2.07. The third-order valence-corrected chi connectivity index (χ3v) is 3.24. The van der Waals surface area contributed by atoms with Crippen LogP contribution in [0.3, 0.4) is 0 Å². The lowest BCUT2D eigenvalue weighted by molar-refractivity contribution is 0.140. The van der Waals surface area contributed by atoms with Crippen molar-refractivity contribution in [2.45, 2.75) is 13.0 Å². The molecule has 3 nitrogen and oxygen atoms in total. The van der Waals surface area contributed by atoms with E-state index >= 15 is 0 Å². The Balaban J connectivity index is 2.08. The summed E-state index contributed by atoms with van der Waals surface area (Å²) in [4.78, 5) is 2.40. The second-order valence-electron chi connectivity index (χ2n) is 4.42. The fourth-order valence-corrected chi connectivity index (χ4v) is 2.23. The van der Waals surface area contributed by atoms with Crippen molar-refractivity contribution < 1.29 is 9.13 Å². The molecule has 1 aliphatic rings. The first kappa shape index (κ1) is 13.4. The van der Waals surface area contributed by atoms with E-state index in [2.05, 4.69) is 4.90 Å². The Morgan fingerprint density at radius 3 is 3.00 bits per heavy atom. The highest BCUT2D eigenvalue weighted by Gasteiger charge is 2.11. The smallest absolute Gasteiger partial charge is 0.133 e. The molecule has 0 aliphatic carbocycles. The standard InChI is InChI=1S/C13H17FN2OS/c14-12-3-2-10(8-11(12)13(15)18)9-16-4-1-6-17-7-5-16/h2-3,8H,1,4-7,9H2,(H2,15,18). The SMILES string of the molecule is NC(=S)c1cc(CN2CCCOCC2)ccc1F. The van der Waals surface area contributed by atoms with Crippen molar-refractivity contribution in [3.05, 3.63) is 35.1 Å². The molecule has 0 bridgehead atoms. The fraction of sp³-hybridized carbons (Fsp3) is 0.462. The predicted octanol–water partition coefficient (Wildman–Crippen LogP) is 1.68. The Bertz CT molecular complexity index is 431. The largest absolute Gasteiger partial charge is 0.389 e. The Morgan fingerprint density at radius 1 is 1.39 bits per heavy atom. The van der Waals surface area contributed by atoms with Crippen LogP contribution in [0.25, 0.3) is 0 Å². The van der Waals surface area contributed by atoms with Gasteiger partial charge in [-0.25, -0.2) is 4.39 Å². The van der Waals surface area contributed by atoms with Gasteiger partial charge in [-0.05, 0) is 24.1 Å². The number of nitrogens with two attached hydrogens (primary N) is 1. The highest BCUT2D eigenvalue weighted by atomic mass is 32.1. The van der Waals surface area contributed by atoms with Gasteiger partial charge in [0.05, 0.1) is 6.61 Å². The molecular formula is C13H17FN2OS. The maximum absolute atomic E-state index is 13.5. The van der Waals surface area contributed by atoms with Crippen LogP contribution in [0.15, 0.2) is 18.2 Å². The van der Waals surface area contributed by atoms with Gasteiger partial charge in [-0.15, -0.1) is 0 Å². The molecule has 1 heterocycles. The minimum atomic E-state index is -0.356. The van der Waals surface area contributed by atoms with Gasteiger partial charge in [0, 0.05) is 31.8 Å². The monoisotopic (exact) mass is 268 g/mol. The van der Waals surface area contributed by atoms with Gasteiger partial charge in [-0.2, -0.15) is 0 Å². The molecule has 1 aliphatic heterocycles. The molecule has 1 aromatic rings. The van der Waals surface area contributed by atoms with E-state index in [0.717, 1.165) is 44.8 Å². The second kappa shape index (κ2) is 6.22. The van der Waals surface area contributed by atoms with Gasteiger partial charge in [-0.3, -0.25) is 4.90 Å². The van der Waals surface area contributed by atoms with Crippen molar-refractivity contribution >= 4 is 17.2 Å². The van der Waals surface area contributed by atoms with Gasteiger partial charge >= 0.3 is 0 Å². The lowest BCUT2D eigenvalue weighted by atomic mass is 10.1. The van der Waals surface area contributed by atoms with Gasteiger partial charge in [0.15, 0.2) is 0 Å². The number of halogens is 1. The van der Waals surface area contributed by atoms with Gasteiger partial charge < -0.3 is 10.5 Å². The highest BCUT2D eigenvalue weighted by Crippen LogP contribution is 2.13. The van der Waals surface area contributed by atoms with Gasteiger partial charge in [-0.1, -0.05) is 18.3 Å². The van der Waals surface area contributed by atoms with Gasteiger partial charge in [0.2, 0.25) is 0 Å².